The van der Waals surface area contributed by atoms with Gasteiger partial charge < -0.3 is 10.1 Å². The van der Waals surface area contributed by atoms with Crippen LogP contribution < -0.4 is 10.1 Å². The van der Waals surface area contributed by atoms with Crippen LogP contribution >= 0.6 is 0 Å². The molecule has 1 N–H and O–H groups in total. The van der Waals surface area contributed by atoms with Crippen LogP contribution in [0.15, 0.2) is 48.5 Å². The Morgan fingerprint density at radius 2 is 1.83 bits per heavy atom. The first kappa shape index (κ1) is 20.4. The lowest BCUT2D eigenvalue weighted by Crippen LogP contribution is -2.52. The number of fused-ring (bicyclic) bond motifs is 1. The second kappa shape index (κ2) is 7.75. The van der Waals surface area contributed by atoms with Crippen LogP contribution in [0.25, 0.3) is 0 Å². The summed E-state index contributed by atoms with van der Waals surface area (Å²) in [6.45, 7) is 1.19. The molecule has 2 aromatic carbocycles. The number of ketones is 1. The molecule has 0 saturated carbocycles. The zero-order valence-electron chi connectivity index (χ0n) is 16.2. The van der Waals surface area contributed by atoms with Crippen molar-refractivity contribution >= 4 is 17.4 Å². The van der Waals surface area contributed by atoms with E-state index in [9.17, 15) is 22.8 Å². The minimum atomic E-state index is -4.46. The molecule has 0 bridgehead atoms. The average Bonchev–Trinajstić information content (AvgIpc) is 2.69. The second-order valence-corrected chi connectivity index (χ2v) is 7.78. The van der Waals surface area contributed by atoms with E-state index in [1.54, 1.807) is 12.1 Å². The van der Waals surface area contributed by atoms with Crippen molar-refractivity contribution in [2.45, 2.75) is 31.0 Å². The molecule has 4 rings (SSSR count). The van der Waals surface area contributed by atoms with Gasteiger partial charge in [-0.15, -0.1) is 0 Å². The number of ether oxygens (including phenoxy) is 1. The fourth-order valence-electron chi connectivity index (χ4n) is 4.02. The first-order valence-corrected chi connectivity index (χ1v) is 9.75. The summed E-state index contributed by atoms with van der Waals surface area (Å²) in [7, 11) is 0. The molecule has 30 heavy (non-hydrogen) atoms. The predicted molar refractivity (Wildman–Crippen MR) is 104 cm³/mol. The highest BCUT2D eigenvalue weighted by Crippen LogP contribution is 2.39. The maximum absolute atomic E-state index is 12.8. The summed E-state index contributed by atoms with van der Waals surface area (Å²) in [5, 5.41) is 2.53. The number of hydrogen-bond donors (Lipinski definition) is 1. The normalized spacial score (nSPS) is 18.6. The molecule has 2 aliphatic heterocycles. The predicted octanol–water partition coefficient (Wildman–Crippen LogP) is 4.14. The van der Waals surface area contributed by atoms with E-state index in [2.05, 4.69) is 5.32 Å². The van der Waals surface area contributed by atoms with Crippen LogP contribution in [0.4, 0.5) is 18.9 Å². The lowest BCUT2D eigenvalue weighted by molar-refractivity contribution is -0.137. The highest BCUT2D eigenvalue weighted by Gasteiger charge is 2.43. The first-order valence-electron chi connectivity index (χ1n) is 9.75. The molecule has 0 atom stereocenters. The smallest absolute Gasteiger partial charge is 0.416 e. The molecule has 1 fully saturated rings. The second-order valence-electron chi connectivity index (χ2n) is 7.78. The third kappa shape index (κ3) is 4.33. The molecule has 1 spiro atoms. The van der Waals surface area contributed by atoms with E-state index in [4.69, 9.17) is 4.74 Å². The summed E-state index contributed by atoms with van der Waals surface area (Å²) in [5.41, 5.74) is -0.647. The topological polar surface area (TPSA) is 58.6 Å². The van der Waals surface area contributed by atoms with E-state index in [-0.39, 0.29) is 23.9 Å². The fraction of sp³-hybridized carbons (Fsp3) is 0.364. The van der Waals surface area contributed by atoms with Gasteiger partial charge in [0.1, 0.15) is 11.4 Å². The number of para-hydroxylation sites is 1. The molecule has 0 radical (unpaired) electrons. The number of halogens is 3. The molecule has 0 aromatic heterocycles. The molecular weight excluding hydrogens is 397 g/mol. The Hall–Kier alpha value is -2.87. The summed E-state index contributed by atoms with van der Waals surface area (Å²) in [4.78, 5) is 26.7. The molecule has 2 aliphatic rings. The zero-order valence-corrected chi connectivity index (χ0v) is 16.2. The van der Waals surface area contributed by atoms with Crippen molar-refractivity contribution in [3.05, 3.63) is 59.7 Å². The Labute approximate surface area is 171 Å². The monoisotopic (exact) mass is 418 g/mol. The molecule has 8 heteroatoms. The van der Waals surface area contributed by atoms with Gasteiger partial charge in [0, 0.05) is 31.6 Å². The quantitative estimate of drug-likeness (QED) is 0.814. The third-order valence-corrected chi connectivity index (χ3v) is 5.60. The van der Waals surface area contributed by atoms with Crippen LogP contribution in [0.1, 0.15) is 35.2 Å². The fourth-order valence-corrected chi connectivity index (χ4v) is 4.02. The summed E-state index contributed by atoms with van der Waals surface area (Å²) < 4.78 is 44.6. The number of benzene rings is 2. The number of alkyl halides is 3. The van der Waals surface area contributed by atoms with Crippen LogP contribution in [-0.2, 0) is 11.0 Å². The van der Waals surface area contributed by atoms with Gasteiger partial charge in [-0.05, 0) is 30.3 Å². The van der Waals surface area contributed by atoms with E-state index >= 15 is 0 Å². The van der Waals surface area contributed by atoms with Gasteiger partial charge in [-0.1, -0.05) is 18.2 Å². The number of hydrogen-bond acceptors (Lipinski definition) is 4. The van der Waals surface area contributed by atoms with Crippen molar-refractivity contribution in [1.82, 2.24) is 4.90 Å². The van der Waals surface area contributed by atoms with Crippen molar-refractivity contribution in [1.29, 1.82) is 0 Å². The molecular formula is C22H21F3N2O3. The van der Waals surface area contributed by atoms with Crippen molar-refractivity contribution in [2.24, 2.45) is 0 Å². The highest BCUT2D eigenvalue weighted by atomic mass is 19.4. The van der Waals surface area contributed by atoms with Gasteiger partial charge in [0.05, 0.1) is 24.1 Å². The largest absolute Gasteiger partial charge is 0.486 e. The van der Waals surface area contributed by atoms with Gasteiger partial charge in [-0.25, -0.2) is 0 Å². The lowest BCUT2D eigenvalue weighted by Gasteiger charge is -2.43. The minimum absolute atomic E-state index is 0.0626. The van der Waals surface area contributed by atoms with Crippen molar-refractivity contribution < 1.29 is 27.5 Å². The number of likely N-dealkylation sites (tertiary alicyclic amines) is 1. The van der Waals surface area contributed by atoms with Gasteiger partial charge >= 0.3 is 6.18 Å². The van der Waals surface area contributed by atoms with Gasteiger partial charge in [0.2, 0.25) is 5.91 Å². The van der Waals surface area contributed by atoms with E-state index < -0.39 is 17.3 Å². The van der Waals surface area contributed by atoms with Crippen LogP contribution in [0, 0.1) is 0 Å². The number of amides is 1. The number of anilines is 1. The van der Waals surface area contributed by atoms with Gasteiger partial charge in [-0.3, -0.25) is 14.5 Å². The summed E-state index contributed by atoms with van der Waals surface area (Å²) in [6, 6.07) is 11.8. The third-order valence-electron chi connectivity index (χ3n) is 5.60. The van der Waals surface area contributed by atoms with E-state index in [0.29, 0.717) is 43.7 Å². The van der Waals surface area contributed by atoms with Crippen LogP contribution in [0.5, 0.6) is 5.75 Å². The number of rotatable bonds is 3. The minimum Gasteiger partial charge on any atom is -0.486 e. The lowest BCUT2D eigenvalue weighted by atomic mass is 9.82. The first-order chi connectivity index (χ1) is 14.2. The molecule has 158 valence electrons. The molecule has 2 heterocycles. The van der Waals surface area contributed by atoms with Crippen LogP contribution in [-0.4, -0.2) is 41.8 Å². The molecule has 0 aliphatic carbocycles. The number of Topliss-reactive ketones (excluding diaryl/α,β-unsaturated/α-hetero) is 1. The van der Waals surface area contributed by atoms with Crippen LogP contribution in [0.3, 0.4) is 0 Å². The zero-order chi connectivity index (χ0) is 21.4. The Morgan fingerprint density at radius 1 is 1.10 bits per heavy atom. The number of carbonyl (C=O) groups excluding carboxylic acids is 2. The molecule has 2 aromatic rings. The van der Waals surface area contributed by atoms with Crippen molar-refractivity contribution in [3.8, 4) is 5.75 Å². The molecule has 1 saturated heterocycles. The van der Waals surface area contributed by atoms with Crippen molar-refractivity contribution in [3.63, 3.8) is 0 Å². The molecule has 5 nitrogen and oxygen atoms in total. The highest BCUT2D eigenvalue weighted by molar-refractivity contribution is 6.00. The maximum Gasteiger partial charge on any atom is 0.416 e. The van der Waals surface area contributed by atoms with E-state index in [0.717, 1.165) is 12.1 Å². The van der Waals surface area contributed by atoms with Gasteiger partial charge in [0.25, 0.3) is 0 Å². The van der Waals surface area contributed by atoms with Gasteiger partial charge in [0.15, 0.2) is 5.78 Å². The summed E-state index contributed by atoms with van der Waals surface area (Å²) >= 11 is 0. The standard InChI is InChI=1S/C22H21F3N2O3/c23-22(24,25)15-4-3-5-16(12-15)26-20(29)14-27-10-8-21(9-11-27)13-18(28)17-6-1-2-7-19(17)30-21/h1-7,12H,8-11,13-14H2,(H,26,29). The van der Waals surface area contributed by atoms with Crippen molar-refractivity contribution in [2.75, 3.05) is 25.0 Å². The Bertz CT molecular complexity index is 966. The Kier molecular flexibility index (Phi) is 5.27. The molecule has 0 unspecified atom stereocenters. The van der Waals surface area contributed by atoms with E-state index in [1.807, 2.05) is 17.0 Å². The SMILES string of the molecule is O=C(CN1CCC2(CC1)CC(=O)c1ccccc1O2)Nc1cccc(C(F)(F)F)c1. The number of nitrogens with zero attached hydrogens (tertiary/aromatic N) is 1. The van der Waals surface area contributed by atoms with Gasteiger partial charge in [-0.2, -0.15) is 13.2 Å². The number of piperidine rings is 1. The van der Waals surface area contributed by atoms with E-state index in [1.165, 1.54) is 12.1 Å². The summed E-state index contributed by atoms with van der Waals surface area (Å²) in [5.74, 6) is 0.285. The maximum atomic E-state index is 12.8. The Balaban J connectivity index is 1.33. The van der Waals surface area contributed by atoms with Crippen LogP contribution in [0.2, 0.25) is 0 Å². The number of carbonyl (C=O) groups is 2. The molecule has 1 amide bonds. The average molecular weight is 418 g/mol. The summed E-state index contributed by atoms with van der Waals surface area (Å²) in [6.07, 6.45) is -2.94. The number of nitrogens with one attached hydrogen (secondary N) is 1. The Morgan fingerprint density at radius 3 is 2.57 bits per heavy atom.